The van der Waals surface area contributed by atoms with Gasteiger partial charge in [0.2, 0.25) is 0 Å². The first-order valence-corrected chi connectivity index (χ1v) is 7.49. The van der Waals surface area contributed by atoms with Crippen LogP contribution < -0.4 is 4.74 Å². The predicted octanol–water partition coefficient (Wildman–Crippen LogP) is 4.46. The first-order valence-electron chi connectivity index (χ1n) is 7.49. The smallest absolute Gasteiger partial charge is 0.406 e. The Morgan fingerprint density at radius 3 is 2.17 bits per heavy atom. The number of rotatable bonds is 5. The maximum Gasteiger partial charge on any atom is 0.573 e. The van der Waals surface area contributed by atoms with Crippen molar-refractivity contribution in [2.75, 3.05) is 0 Å². The summed E-state index contributed by atoms with van der Waals surface area (Å²) >= 11 is 0. The van der Waals surface area contributed by atoms with Gasteiger partial charge >= 0.3 is 6.36 Å². The highest BCUT2D eigenvalue weighted by Gasteiger charge is 2.41. The van der Waals surface area contributed by atoms with Crippen molar-refractivity contribution in [2.45, 2.75) is 39.2 Å². The molecule has 6 heteroatoms. The van der Waals surface area contributed by atoms with Gasteiger partial charge in [-0.1, -0.05) is 32.0 Å². The van der Waals surface area contributed by atoms with Crippen molar-refractivity contribution in [1.82, 2.24) is 4.98 Å². The zero-order chi connectivity index (χ0) is 18.0. The Morgan fingerprint density at radius 1 is 1.04 bits per heavy atom. The second-order valence-corrected chi connectivity index (χ2v) is 6.57. The van der Waals surface area contributed by atoms with E-state index in [-0.39, 0.29) is 5.75 Å². The van der Waals surface area contributed by atoms with E-state index in [0.29, 0.717) is 12.0 Å². The van der Waals surface area contributed by atoms with Crippen LogP contribution in [0.2, 0.25) is 0 Å². The largest absolute Gasteiger partial charge is 0.573 e. The fourth-order valence-corrected chi connectivity index (χ4v) is 2.53. The summed E-state index contributed by atoms with van der Waals surface area (Å²) in [5, 5.41) is 11.0. The highest BCUT2D eigenvalue weighted by atomic mass is 19.4. The van der Waals surface area contributed by atoms with Crippen molar-refractivity contribution in [3.8, 4) is 5.75 Å². The first-order chi connectivity index (χ1) is 11.0. The molecule has 1 atom stereocenters. The first kappa shape index (κ1) is 18.3. The van der Waals surface area contributed by atoms with Crippen LogP contribution in [0.1, 0.15) is 31.9 Å². The van der Waals surface area contributed by atoms with Gasteiger partial charge in [-0.3, -0.25) is 4.98 Å². The summed E-state index contributed by atoms with van der Waals surface area (Å²) in [6.45, 7) is 5.52. The molecule has 0 saturated carbocycles. The molecule has 130 valence electrons. The molecule has 0 radical (unpaired) electrons. The molecule has 0 fully saturated rings. The Balaban J connectivity index is 2.17. The third-order valence-corrected chi connectivity index (χ3v) is 4.34. The van der Waals surface area contributed by atoms with Crippen molar-refractivity contribution in [3.05, 3.63) is 59.9 Å². The summed E-state index contributed by atoms with van der Waals surface area (Å²) in [4.78, 5) is 4.03. The highest BCUT2D eigenvalue weighted by Crippen LogP contribution is 2.41. The van der Waals surface area contributed by atoms with Crippen LogP contribution in [0.3, 0.4) is 0 Å². The van der Waals surface area contributed by atoms with Crippen molar-refractivity contribution < 1.29 is 23.0 Å². The summed E-state index contributed by atoms with van der Waals surface area (Å²) in [6.07, 6.45) is -0.986. The zero-order valence-electron chi connectivity index (χ0n) is 13.8. The quantitative estimate of drug-likeness (QED) is 0.875. The lowest BCUT2D eigenvalue weighted by atomic mass is 9.69. The molecule has 1 unspecified atom stereocenters. The number of nitrogens with zero attached hydrogens (tertiary/aromatic N) is 1. The molecule has 1 N–H and O–H groups in total. The molecule has 1 heterocycles. The Kier molecular flexibility index (Phi) is 4.90. The van der Waals surface area contributed by atoms with Crippen LogP contribution in [0, 0.1) is 5.41 Å². The van der Waals surface area contributed by atoms with Gasteiger partial charge in [0.1, 0.15) is 5.75 Å². The van der Waals surface area contributed by atoms with Gasteiger partial charge in [0.05, 0.1) is 5.60 Å². The number of halogens is 3. The molecule has 0 bridgehead atoms. The molecule has 0 aliphatic rings. The number of aromatic nitrogens is 1. The van der Waals surface area contributed by atoms with Crippen molar-refractivity contribution in [3.63, 3.8) is 0 Å². The molecule has 2 aromatic rings. The summed E-state index contributed by atoms with van der Waals surface area (Å²) in [7, 11) is 0. The second kappa shape index (κ2) is 6.43. The molecule has 0 spiro atoms. The monoisotopic (exact) mass is 339 g/mol. The number of ether oxygens (including phenoxy) is 1. The molecule has 0 saturated heterocycles. The van der Waals surface area contributed by atoms with Crippen molar-refractivity contribution in [1.29, 1.82) is 0 Å². The van der Waals surface area contributed by atoms with E-state index in [9.17, 15) is 18.3 Å². The van der Waals surface area contributed by atoms with Gasteiger partial charge in [-0.25, -0.2) is 0 Å². The summed E-state index contributed by atoms with van der Waals surface area (Å²) in [5.41, 5.74) is -0.226. The van der Waals surface area contributed by atoms with E-state index in [4.69, 9.17) is 0 Å². The average molecular weight is 339 g/mol. The lowest BCUT2D eigenvalue weighted by Gasteiger charge is -2.40. The molecular formula is C18H20F3NO2. The van der Waals surface area contributed by atoms with Gasteiger partial charge in [-0.15, -0.1) is 13.2 Å². The highest BCUT2D eigenvalue weighted by molar-refractivity contribution is 5.29. The van der Waals surface area contributed by atoms with E-state index in [1.165, 1.54) is 12.1 Å². The fourth-order valence-electron chi connectivity index (χ4n) is 2.53. The Labute approximate surface area is 139 Å². The van der Waals surface area contributed by atoms with Crippen LogP contribution >= 0.6 is 0 Å². The SMILES string of the molecule is CC(C)(Cc1ccc(OC(F)(F)F)cc1)C(C)(O)c1cccnc1. The Bertz CT molecular complexity index is 665. The van der Waals surface area contributed by atoms with Gasteiger partial charge in [0, 0.05) is 23.4 Å². The second-order valence-electron chi connectivity index (χ2n) is 6.57. The minimum Gasteiger partial charge on any atom is -0.406 e. The van der Waals surface area contributed by atoms with E-state index in [0.717, 1.165) is 5.56 Å². The van der Waals surface area contributed by atoms with Crippen LogP contribution in [0.4, 0.5) is 13.2 Å². The van der Waals surface area contributed by atoms with Crippen LogP contribution in [0.15, 0.2) is 48.8 Å². The van der Waals surface area contributed by atoms with Crippen molar-refractivity contribution >= 4 is 0 Å². The van der Waals surface area contributed by atoms with E-state index in [1.54, 1.807) is 43.6 Å². The number of pyridine rings is 1. The lowest BCUT2D eigenvalue weighted by Crippen LogP contribution is -2.40. The van der Waals surface area contributed by atoms with Gasteiger partial charge < -0.3 is 9.84 Å². The summed E-state index contributed by atoms with van der Waals surface area (Å²) in [6, 6.07) is 9.25. The van der Waals surface area contributed by atoms with Crippen LogP contribution in [-0.2, 0) is 12.0 Å². The summed E-state index contributed by atoms with van der Waals surface area (Å²) < 4.78 is 40.5. The minimum atomic E-state index is -4.70. The molecule has 0 amide bonds. The maximum atomic E-state index is 12.2. The topological polar surface area (TPSA) is 42.4 Å². The zero-order valence-corrected chi connectivity index (χ0v) is 13.8. The van der Waals surface area contributed by atoms with E-state index in [1.807, 2.05) is 13.8 Å². The number of aliphatic hydroxyl groups is 1. The predicted molar refractivity (Wildman–Crippen MR) is 84.4 cm³/mol. The number of alkyl halides is 3. The number of benzene rings is 1. The fraction of sp³-hybridized carbons (Fsp3) is 0.389. The molecule has 2 rings (SSSR count). The molecular weight excluding hydrogens is 319 g/mol. The molecule has 24 heavy (non-hydrogen) atoms. The van der Waals surface area contributed by atoms with Gasteiger partial charge in [0.15, 0.2) is 0 Å². The average Bonchev–Trinajstić information content (AvgIpc) is 2.48. The normalized spacial score (nSPS) is 15.0. The molecule has 3 nitrogen and oxygen atoms in total. The molecule has 0 aliphatic heterocycles. The minimum absolute atomic E-state index is 0.261. The molecule has 0 aliphatic carbocycles. The number of hydrogen-bond donors (Lipinski definition) is 1. The van der Waals surface area contributed by atoms with E-state index in [2.05, 4.69) is 9.72 Å². The lowest BCUT2D eigenvalue weighted by molar-refractivity contribution is -0.274. The van der Waals surface area contributed by atoms with E-state index >= 15 is 0 Å². The van der Waals surface area contributed by atoms with Gasteiger partial charge in [-0.05, 0) is 37.1 Å². The van der Waals surface area contributed by atoms with E-state index < -0.39 is 17.4 Å². The molecule has 1 aromatic heterocycles. The Hall–Kier alpha value is -2.08. The van der Waals surface area contributed by atoms with Gasteiger partial charge in [-0.2, -0.15) is 0 Å². The standard InChI is InChI=1S/C18H20F3NO2/c1-16(2,17(3,23)14-5-4-10-22-12-14)11-13-6-8-15(9-7-13)24-18(19,20)21/h4-10,12,23H,11H2,1-3H3. The third kappa shape index (κ3) is 4.26. The Morgan fingerprint density at radius 2 is 1.67 bits per heavy atom. The maximum absolute atomic E-state index is 12.2. The molecule has 1 aromatic carbocycles. The van der Waals surface area contributed by atoms with Crippen molar-refractivity contribution in [2.24, 2.45) is 5.41 Å². The van der Waals surface area contributed by atoms with Gasteiger partial charge in [0.25, 0.3) is 0 Å². The number of hydrogen-bond acceptors (Lipinski definition) is 3. The third-order valence-electron chi connectivity index (χ3n) is 4.34. The van der Waals surface area contributed by atoms with Crippen LogP contribution in [-0.4, -0.2) is 16.5 Å². The van der Waals surface area contributed by atoms with Crippen LogP contribution in [0.5, 0.6) is 5.75 Å². The van der Waals surface area contributed by atoms with Crippen LogP contribution in [0.25, 0.3) is 0 Å². The summed E-state index contributed by atoms with van der Waals surface area (Å²) in [5.74, 6) is -0.261.